The summed E-state index contributed by atoms with van der Waals surface area (Å²) in [6, 6.07) is -1.07. The van der Waals surface area contributed by atoms with E-state index in [4.69, 9.17) is 14.2 Å². The zero-order valence-electron chi connectivity index (χ0n) is 43.3. The summed E-state index contributed by atoms with van der Waals surface area (Å²) in [5, 5.41) is 56.5. The molecule has 1 saturated heterocycles. The predicted molar refractivity (Wildman–Crippen MR) is 287 cm³/mol. The molecule has 1 rings (SSSR count). The van der Waals surface area contributed by atoms with Gasteiger partial charge in [0.05, 0.1) is 25.4 Å². The van der Waals surface area contributed by atoms with Crippen LogP contribution < -0.4 is 5.32 Å². The molecule has 11 nitrogen and oxygen atoms in total. The quantitative estimate of drug-likeness (QED) is 0.0149. The Morgan fingerprint density at radius 1 is 0.586 bits per heavy atom. The van der Waals surface area contributed by atoms with Gasteiger partial charge in [0.15, 0.2) is 12.4 Å². The summed E-state index contributed by atoms with van der Waals surface area (Å²) in [6.45, 7) is 5.49. The molecule has 1 amide bonds. The Hall–Kier alpha value is -3.94. The smallest absolute Gasteiger partial charge is 0.306 e. The number of carbonyl (C=O) groups excluding carboxylic acids is 2. The lowest BCUT2D eigenvalue weighted by atomic mass is 9.99. The van der Waals surface area contributed by atoms with Crippen molar-refractivity contribution in [2.24, 2.45) is 0 Å². The standard InChI is InChI=1S/C59H95NO10/c1-4-7-10-13-16-19-22-25-26-27-29-31-34-37-40-43-46-52(63)58(67)60-50(51(62)45-42-39-36-33-30-24-21-18-15-12-9-6-3)49-68-59-57(56(66)55(65)53(48-61)69-59)70-54(64)47-44-41-38-35-32-28-23-20-17-14-11-8-5-2/h8,11,14,16-17,19-20,23,25-26,28-29,31-32,35,37-38,40,42,45,50-53,55-57,59,61-63,65-66H,4-7,9-10,12-13,15,18,21-22,24,27,30,33-34,36,39,41,43-44,46-49H2,1-3H3,(H,60,67)/b11-8+,17-14+,19-16-,23-20-,26-25-,31-29-,32-28-,38-35+,40-37-,45-42+. The summed E-state index contributed by atoms with van der Waals surface area (Å²) in [4.78, 5) is 26.3. The molecule has 6 N–H and O–H groups in total. The summed E-state index contributed by atoms with van der Waals surface area (Å²) in [6.07, 6.45) is 52.7. The van der Waals surface area contributed by atoms with Gasteiger partial charge in [0.1, 0.15) is 24.4 Å². The Morgan fingerprint density at radius 3 is 1.69 bits per heavy atom. The molecule has 70 heavy (non-hydrogen) atoms. The molecule has 0 aliphatic carbocycles. The normalized spacial score (nSPS) is 20.7. The van der Waals surface area contributed by atoms with Gasteiger partial charge in [0.2, 0.25) is 5.91 Å². The molecule has 0 saturated carbocycles. The third-order valence-corrected chi connectivity index (χ3v) is 11.7. The highest BCUT2D eigenvalue weighted by Crippen LogP contribution is 2.26. The minimum Gasteiger partial charge on any atom is -0.454 e. The summed E-state index contributed by atoms with van der Waals surface area (Å²) in [7, 11) is 0. The van der Waals surface area contributed by atoms with E-state index in [0.717, 1.165) is 57.8 Å². The Labute approximate surface area is 423 Å². The van der Waals surface area contributed by atoms with Crippen molar-refractivity contribution in [3.8, 4) is 0 Å². The van der Waals surface area contributed by atoms with E-state index in [-0.39, 0.29) is 19.4 Å². The summed E-state index contributed by atoms with van der Waals surface area (Å²) in [5.74, 6) is -1.35. The third-order valence-electron chi connectivity index (χ3n) is 11.7. The maximum Gasteiger partial charge on any atom is 0.306 e. The van der Waals surface area contributed by atoms with E-state index in [9.17, 15) is 35.1 Å². The second-order valence-corrected chi connectivity index (χ2v) is 18.0. The topological polar surface area (TPSA) is 175 Å². The van der Waals surface area contributed by atoms with E-state index in [1.165, 1.54) is 64.2 Å². The van der Waals surface area contributed by atoms with Crippen LogP contribution in [0, 0.1) is 0 Å². The molecule has 396 valence electrons. The average Bonchev–Trinajstić information content (AvgIpc) is 3.36. The molecule has 8 atom stereocenters. The molecular weight excluding hydrogens is 883 g/mol. The van der Waals surface area contributed by atoms with Crippen LogP contribution in [-0.4, -0.2) is 99.6 Å². The van der Waals surface area contributed by atoms with E-state index in [0.29, 0.717) is 19.3 Å². The number of hydrogen-bond donors (Lipinski definition) is 6. The van der Waals surface area contributed by atoms with E-state index in [1.54, 1.807) is 6.08 Å². The fourth-order valence-electron chi connectivity index (χ4n) is 7.43. The van der Waals surface area contributed by atoms with Crippen molar-refractivity contribution in [2.45, 2.75) is 224 Å². The molecule has 0 aromatic rings. The van der Waals surface area contributed by atoms with Crippen molar-refractivity contribution in [3.63, 3.8) is 0 Å². The molecule has 0 bridgehead atoms. The number of carbonyl (C=O) groups is 2. The van der Waals surface area contributed by atoms with Gasteiger partial charge in [-0.3, -0.25) is 9.59 Å². The number of nitrogens with one attached hydrogen (secondary N) is 1. The van der Waals surface area contributed by atoms with Gasteiger partial charge in [-0.25, -0.2) is 0 Å². The van der Waals surface area contributed by atoms with Crippen molar-refractivity contribution < 1.29 is 49.3 Å². The van der Waals surface area contributed by atoms with Crippen LogP contribution in [0.15, 0.2) is 122 Å². The largest absolute Gasteiger partial charge is 0.454 e. The fraction of sp³-hybridized carbons (Fsp3) is 0.627. The summed E-state index contributed by atoms with van der Waals surface area (Å²) < 4.78 is 17.4. The molecule has 1 aliphatic heterocycles. The van der Waals surface area contributed by atoms with Crippen molar-refractivity contribution in [2.75, 3.05) is 13.2 Å². The predicted octanol–water partition coefficient (Wildman–Crippen LogP) is 11.5. The van der Waals surface area contributed by atoms with Gasteiger partial charge in [-0.05, 0) is 77.0 Å². The van der Waals surface area contributed by atoms with E-state index in [1.807, 2.05) is 72.9 Å². The second-order valence-electron chi connectivity index (χ2n) is 18.0. The van der Waals surface area contributed by atoms with Crippen LogP contribution in [0.2, 0.25) is 0 Å². The lowest BCUT2D eigenvalue weighted by Crippen LogP contribution is -2.61. The number of unbranched alkanes of at least 4 members (excludes halogenated alkanes) is 14. The molecule has 0 aromatic carbocycles. The van der Waals surface area contributed by atoms with Crippen molar-refractivity contribution in [1.29, 1.82) is 0 Å². The highest BCUT2D eigenvalue weighted by molar-refractivity contribution is 5.80. The van der Waals surface area contributed by atoms with Gasteiger partial charge in [-0.2, -0.15) is 0 Å². The van der Waals surface area contributed by atoms with Crippen molar-refractivity contribution in [3.05, 3.63) is 122 Å². The van der Waals surface area contributed by atoms with Crippen LogP contribution in [-0.2, 0) is 23.8 Å². The van der Waals surface area contributed by atoms with Crippen LogP contribution in [0.4, 0.5) is 0 Å². The SMILES string of the molecule is CC/C=C/C=C/C=C\C=C/C=C/CCCC(=O)OC1C(OCC(NC(=O)C(O)CC/C=C\C/C=C\C/C=C\C/C=C\CCCCC)C(O)/C=C/CCCCCCCCCCCC)OC(CO)C(O)C1O. The number of amides is 1. The maximum absolute atomic E-state index is 13.3. The highest BCUT2D eigenvalue weighted by atomic mass is 16.7. The van der Waals surface area contributed by atoms with Gasteiger partial charge < -0.3 is 45.1 Å². The van der Waals surface area contributed by atoms with E-state index in [2.05, 4.69) is 68.6 Å². The lowest BCUT2D eigenvalue weighted by molar-refractivity contribution is -0.305. The first-order valence-electron chi connectivity index (χ1n) is 26.9. The van der Waals surface area contributed by atoms with Crippen LogP contribution in [0.25, 0.3) is 0 Å². The van der Waals surface area contributed by atoms with Gasteiger partial charge in [0, 0.05) is 6.42 Å². The lowest BCUT2D eigenvalue weighted by Gasteiger charge is -2.41. The first-order chi connectivity index (χ1) is 34.2. The number of ether oxygens (including phenoxy) is 3. The van der Waals surface area contributed by atoms with E-state index < -0.39 is 67.4 Å². The van der Waals surface area contributed by atoms with Crippen molar-refractivity contribution >= 4 is 11.9 Å². The Bertz CT molecular complexity index is 1590. The number of aliphatic hydroxyl groups is 5. The average molecular weight is 978 g/mol. The molecule has 0 radical (unpaired) electrons. The zero-order valence-corrected chi connectivity index (χ0v) is 43.3. The molecule has 0 aromatic heterocycles. The Morgan fingerprint density at radius 2 is 1.09 bits per heavy atom. The summed E-state index contributed by atoms with van der Waals surface area (Å²) >= 11 is 0. The van der Waals surface area contributed by atoms with Crippen LogP contribution in [0.5, 0.6) is 0 Å². The second kappa shape index (κ2) is 46.2. The number of hydrogen-bond acceptors (Lipinski definition) is 10. The van der Waals surface area contributed by atoms with E-state index >= 15 is 0 Å². The maximum atomic E-state index is 13.3. The van der Waals surface area contributed by atoms with Gasteiger partial charge in [-0.1, -0.05) is 213 Å². The minimum atomic E-state index is -1.66. The molecule has 1 aliphatic rings. The molecule has 0 spiro atoms. The monoisotopic (exact) mass is 978 g/mol. The molecule has 1 fully saturated rings. The summed E-state index contributed by atoms with van der Waals surface area (Å²) in [5.41, 5.74) is 0. The van der Waals surface area contributed by atoms with Crippen molar-refractivity contribution in [1.82, 2.24) is 5.32 Å². The van der Waals surface area contributed by atoms with Crippen LogP contribution in [0.1, 0.15) is 175 Å². The molecular formula is C59H95NO10. The minimum absolute atomic E-state index is 0.0136. The van der Waals surface area contributed by atoms with Gasteiger partial charge in [-0.15, -0.1) is 0 Å². The third kappa shape index (κ3) is 34.4. The fourth-order valence-corrected chi connectivity index (χ4v) is 7.43. The number of aliphatic hydroxyl groups excluding tert-OH is 5. The van der Waals surface area contributed by atoms with Crippen LogP contribution >= 0.6 is 0 Å². The highest BCUT2D eigenvalue weighted by Gasteiger charge is 2.47. The van der Waals surface area contributed by atoms with Gasteiger partial charge >= 0.3 is 5.97 Å². The Kier molecular flexibility index (Phi) is 42.2. The Balaban J connectivity index is 2.87. The number of allylic oxidation sites excluding steroid dienone is 19. The molecule has 8 unspecified atom stereocenters. The first-order valence-corrected chi connectivity index (χ1v) is 26.9. The number of rotatable bonds is 42. The molecule has 1 heterocycles. The van der Waals surface area contributed by atoms with Gasteiger partial charge in [0.25, 0.3) is 0 Å². The number of esters is 1. The zero-order chi connectivity index (χ0) is 51.1. The van der Waals surface area contributed by atoms with Crippen LogP contribution in [0.3, 0.4) is 0 Å². The molecule has 11 heteroatoms. The first kappa shape index (κ1) is 64.1.